The van der Waals surface area contributed by atoms with Crippen molar-refractivity contribution >= 4 is 5.69 Å². The van der Waals surface area contributed by atoms with Gasteiger partial charge >= 0.3 is 0 Å². The normalized spacial score (nSPS) is 13.5. The molecule has 2 aromatic rings. The standard InChI is InChI=1S/C14H16N2O/c1-9-2-3-13(16-9)8-11-7-12(15)6-10-4-5-17-14(10)11/h2-3,6-7,16H,4-5,8,15H2,1H3. The first kappa shape index (κ1) is 10.3. The molecule has 3 rings (SSSR count). The molecule has 3 heteroatoms. The van der Waals surface area contributed by atoms with Crippen LogP contribution in [-0.2, 0) is 12.8 Å². The largest absolute Gasteiger partial charge is 0.493 e. The van der Waals surface area contributed by atoms with Crippen LogP contribution in [0, 0.1) is 6.92 Å². The van der Waals surface area contributed by atoms with Crippen LogP contribution in [0.1, 0.15) is 22.5 Å². The van der Waals surface area contributed by atoms with Crippen molar-refractivity contribution in [3.63, 3.8) is 0 Å². The number of fused-ring (bicyclic) bond motifs is 1. The lowest BCUT2D eigenvalue weighted by atomic mass is 10.0. The SMILES string of the molecule is Cc1ccc(Cc2cc(N)cc3c2OCC3)[nH]1. The Bertz CT molecular complexity index is 557. The van der Waals surface area contributed by atoms with Gasteiger partial charge in [-0.3, -0.25) is 0 Å². The molecule has 0 radical (unpaired) electrons. The second-order valence-electron chi connectivity index (χ2n) is 4.61. The number of hydrogen-bond acceptors (Lipinski definition) is 2. The second-order valence-corrected chi connectivity index (χ2v) is 4.61. The summed E-state index contributed by atoms with van der Waals surface area (Å²) in [5, 5.41) is 0. The molecule has 0 unspecified atom stereocenters. The fourth-order valence-corrected chi connectivity index (χ4v) is 2.42. The number of nitrogens with one attached hydrogen (secondary N) is 1. The molecule has 2 heterocycles. The third-order valence-corrected chi connectivity index (χ3v) is 3.16. The van der Waals surface area contributed by atoms with E-state index in [1.165, 1.54) is 22.5 Å². The Morgan fingerprint density at radius 2 is 2.24 bits per heavy atom. The Hall–Kier alpha value is -1.90. The summed E-state index contributed by atoms with van der Waals surface area (Å²) >= 11 is 0. The van der Waals surface area contributed by atoms with Crippen LogP contribution in [0.2, 0.25) is 0 Å². The van der Waals surface area contributed by atoms with E-state index in [0.717, 1.165) is 30.9 Å². The molecule has 0 aliphatic carbocycles. The van der Waals surface area contributed by atoms with Crippen molar-refractivity contribution in [3.05, 3.63) is 46.8 Å². The van der Waals surface area contributed by atoms with Gasteiger partial charge in [0, 0.05) is 35.5 Å². The van der Waals surface area contributed by atoms with Crippen molar-refractivity contribution in [2.45, 2.75) is 19.8 Å². The second kappa shape index (κ2) is 3.84. The first-order valence-electron chi connectivity index (χ1n) is 5.91. The zero-order valence-electron chi connectivity index (χ0n) is 9.92. The number of hydrogen-bond donors (Lipinski definition) is 2. The Kier molecular flexibility index (Phi) is 2.32. The quantitative estimate of drug-likeness (QED) is 0.776. The highest BCUT2D eigenvalue weighted by Crippen LogP contribution is 2.33. The number of ether oxygens (including phenoxy) is 1. The molecule has 3 nitrogen and oxygen atoms in total. The van der Waals surface area contributed by atoms with Gasteiger partial charge < -0.3 is 15.5 Å². The molecule has 17 heavy (non-hydrogen) atoms. The fourth-order valence-electron chi connectivity index (χ4n) is 2.42. The Morgan fingerprint density at radius 1 is 1.35 bits per heavy atom. The summed E-state index contributed by atoms with van der Waals surface area (Å²) in [6.07, 6.45) is 1.82. The van der Waals surface area contributed by atoms with Crippen molar-refractivity contribution in [2.24, 2.45) is 0 Å². The molecule has 0 saturated heterocycles. The van der Waals surface area contributed by atoms with Crippen LogP contribution in [0.3, 0.4) is 0 Å². The number of rotatable bonds is 2. The van der Waals surface area contributed by atoms with E-state index < -0.39 is 0 Å². The van der Waals surface area contributed by atoms with Crippen molar-refractivity contribution in [3.8, 4) is 5.75 Å². The molecule has 0 spiro atoms. The molecule has 0 atom stereocenters. The maximum atomic E-state index is 5.92. The van der Waals surface area contributed by atoms with Crippen molar-refractivity contribution in [2.75, 3.05) is 12.3 Å². The number of aromatic amines is 1. The fraction of sp³-hybridized carbons (Fsp3) is 0.286. The number of nitrogen functional groups attached to an aromatic ring is 1. The van der Waals surface area contributed by atoms with Crippen molar-refractivity contribution in [1.29, 1.82) is 0 Å². The molecule has 88 valence electrons. The maximum absolute atomic E-state index is 5.92. The van der Waals surface area contributed by atoms with Crippen molar-refractivity contribution in [1.82, 2.24) is 4.98 Å². The number of aryl methyl sites for hydroxylation is 1. The topological polar surface area (TPSA) is 51.0 Å². The van der Waals surface area contributed by atoms with E-state index in [9.17, 15) is 0 Å². The Balaban J connectivity index is 1.98. The minimum atomic E-state index is 0.773. The lowest BCUT2D eigenvalue weighted by molar-refractivity contribution is 0.354. The van der Waals surface area contributed by atoms with Gasteiger partial charge in [0.25, 0.3) is 0 Å². The molecule has 1 aliphatic heterocycles. The number of nitrogens with two attached hydrogens (primary N) is 1. The molecule has 1 aliphatic rings. The summed E-state index contributed by atoms with van der Waals surface area (Å²) in [4.78, 5) is 3.34. The molecule has 0 amide bonds. The number of anilines is 1. The molecule has 1 aromatic heterocycles. The van der Waals surface area contributed by atoms with Gasteiger partial charge in [0.15, 0.2) is 0 Å². The zero-order valence-corrected chi connectivity index (χ0v) is 9.92. The summed E-state index contributed by atoms with van der Waals surface area (Å²) < 4.78 is 5.69. The van der Waals surface area contributed by atoms with E-state index in [1.54, 1.807) is 0 Å². The molecule has 3 N–H and O–H groups in total. The van der Waals surface area contributed by atoms with Gasteiger partial charge in [-0.05, 0) is 36.8 Å². The summed E-state index contributed by atoms with van der Waals surface area (Å²) in [7, 11) is 0. The average molecular weight is 228 g/mol. The summed E-state index contributed by atoms with van der Waals surface area (Å²) in [6, 6.07) is 8.23. The van der Waals surface area contributed by atoms with Crippen LogP contribution in [-0.4, -0.2) is 11.6 Å². The highest BCUT2D eigenvalue weighted by Gasteiger charge is 2.17. The number of aromatic nitrogens is 1. The highest BCUT2D eigenvalue weighted by atomic mass is 16.5. The molecule has 1 aromatic carbocycles. The van der Waals surface area contributed by atoms with Crippen molar-refractivity contribution < 1.29 is 4.74 Å². The van der Waals surface area contributed by atoms with E-state index in [0.29, 0.717) is 0 Å². The van der Waals surface area contributed by atoms with Gasteiger partial charge in [0.05, 0.1) is 6.61 Å². The van der Waals surface area contributed by atoms with E-state index in [2.05, 4.69) is 24.0 Å². The predicted octanol–water partition coefficient (Wildman–Crippen LogP) is 2.43. The Morgan fingerprint density at radius 3 is 3.00 bits per heavy atom. The third-order valence-electron chi connectivity index (χ3n) is 3.16. The van der Waals surface area contributed by atoms with Gasteiger partial charge in [-0.25, -0.2) is 0 Å². The van der Waals surface area contributed by atoms with Gasteiger partial charge in [0.2, 0.25) is 0 Å². The summed E-state index contributed by atoms with van der Waals surface area (Å²) in [5.74, 6) is 1.03. The molecule has 0 bridgehead atoms. The van der Waals surface area contributed by atoms with E-state index in [-0.39, 0.29) is 0 Å². The molecule has 0 fully saturated rings. The Labute approximate surface area is 101 Å². The van der Waals surface area contributed by atoms with Gasteiger partial charge in [-0.2, -0.15) is 0 Å². The summed E-state index contributed by atoms with van der Waals surface area (Å²) in [5.41, 5.74) is 11.6. The van der Waals surface area contributed by atoms with Crippen LogP contribution < -0.4 is 10.5 Å². The molecular weight excluding hydrogens is 212 g/mol. The van der Waals surface area contributed by atoms with Gasteiger partial charge in [-0.1, -0.05) is 0 Å². The minimum Gasteiger partial charge on any atom is -0.493 e. The molecular formula is C14H16N2O. The van der Waals surface area contributed by atoms with Crippen LogP contribution in [0.5, 0.6) is 5.75 Å². The van der Waals surface area contributed by atoms with E-state index in [4.69, 9.17) is 10.5 Å². The van der Waals surface area contributed by atoms with E-state index in [1.807, 2.05) is 12.1 Å². The van der Waals surface area contributed by atoms with E-state index >= 15 is 0 Å². The number of benzene rings is 1. The average Bonchev–Trinajstić information content (AvgIpc) is 2.87. The first-order valence-corrected chi connectivity index (χ1v) is 5.91. The lowest BCUT2D eigenvalue weighted by Gasteiger charge is -2.08. The van der Waals surface area contributed by atoms with Crippen LogP contribution in [0.25, 0.3) is 0 Å². The van der Waals surface area contributed by atoms with Crippen LogP contribution in [0.15, 0.2) is 24.3 Å². The first-order chi connectivity index (χ1) is 8.22. The maximum Gasteiger partial charge on any atom is 0.126 e. The number of H-pyrrole nitrogens is 1. The zero-order chi connectivity index (χ0) is 11.8. The summed E-state index contributed by atoms with van der Waals surface area (Å²) in [6.45, 7) is 2.83. The van der Waals surface area contributed by atoms with Crippen LogP contribution in [0.4, 0.5) is 5.69 Å². The van der Waals surface area contributed by atoms with Crippen LogP contribution >= 0.6 is 0 Å². The molecule has 0 saturated carbocycles. The third kappa shape index (κ3) is 1.88. The lowest BCUT2D eigenvalue weighted by Crippen LogP contribution is -1.96. The monoisotopic (exact) mass is 228 g/mol. The van der Waals surface area contributed by atoms with Gasteiger partial charge in [0.1, 0.15) is 5.75 Å². The smallest absolute Gasteiger partial charge is 0.126 e. The highest BCUT2D eigenvalue weighted by molar-refractivity contribution is 5.55. The minimum absolute atomic E-state index is 0.773. The van der Waals surface area contributed by atoms with Gasteiger partial charge in [-0.15, -0.1) is 0 Å². The predicted molar refractivity (Wildman–Crippen MR) is 68.4 cm³/mol.